The smallest absolute Gasteiger partial charge is 0.00609 e. The van der Waals surface area contributed by atoms with Crippen LogP contribution in [0.1, 0.15) is 12.8 Å². The molecule has 2 atom stereocenters. The number of rotatable bonds is 6. The Balaban J connectivity index is 3.61. The molecule has 0 aromatic carbocycles. The third-order valence-electron chi connectivity index (χ3n) is 1.70. The molecule has 0 aliphatic rings. The van der Waals surface area contributed by atoms with Crippen LogP contribution in [0, 0.1) is 5.92 Å². The van der Waals surface area contributed by atoms with Gasteiger partial charge in [-0.15, -0.1) is 0 Å². The van der Waals surface area contributed by atoms with Gasteiger partial charge in [-0.2, -0.15) is 50.5 Å². The lowest BCUT2D eigenvalue weighted by atomic mass is 10.0. The quantitative estimate of drug-likeness (QED) is 0.493. The second-order valence-corrected chi connectivity index (χ2v) is 4.46. The second-order valence-electron chi connectivity index (χ2n) is 2.53. The molecule has 68 valence electrons. The van der Waals surface area contributed by atoms with Crippen LogP contribution in [-0.2, 0) is 0 Å². The van der Waals surface area contributed by atoms with Gasteiger partial charge < -0.3 is 0 Å². The van der Waals surface area contributed by atoms with Crippen molar-refractivity contribution in [2.75, 3.05) is 17.3 Å². The molecule has 0 radical (unpaired) electrons. The van der Waals surface area contributed by atoms with Crippen LogP contribution in [0.4, 0.5) is 0 Å². The summed E-state index contributed by atoms with van der Waals surface area (Å²) in [5.41, 5.74) is 0. The van der Waals surface area contributed by atoms with Crippen LogP contribution in [0.5, 0.6) is 0 Å². The summed E-state index contributed by atoms with van der Waals surface area (Å²) in [5.74, 6) is 3.33. The fourth-order valence-corrected chi connectivity index (χ4v) is 2.74. The van der Waals surface area contributed by atoms with Crippen molar-refractivity contribution in [3.63, 3.8) is 0 Å². The summed E-state index contributed by atoms with van der Waals surface area (Å²) in [4.78, 5) is 0. The van der Waals surface area contributed by atoms with Crippen molar-refractivity contribution >= 4 is 50.5 Å². The van der Waals surface area contributed by atoms with E-state index in [2.05, 4.69) is 50.5 Å². The Labute approximate surface area is 91.5 Å². The molecule has 0 aromatic rings. The molecular weight excluding hydrogens is 212 g/mol. The predicted octanol–water partition coefficient (Wildman–Crippen LogP) is 2.47. The molecule has 0 saturated heterocycles. The highest BCUT2D eigenvalue weighted by molar-refractivity contribution is 7.82. The van der Waals surface area contributed by atoms with Crippen molar-refractivity contribution < 1.29 is 0 Å². The zero-order chi connectivity index (χ0) is 8.69. The number of hydrogen-bond acceptors (Lipinski definition) is 4. The topological polar surface area (TPSA) is 0 Å². The summed E-state index contributed by atoms with van der Waals surface area (Å²) in [6.45, 7) is 0. The minimum atomic E-state index is 0.442. The maximum atomic E-state index is 4.49. The lowest BCUT2D eigenvalue weighted by Crippen LogP contribution is -2.18. The SMILES string of the molecule is SCCC(S)C(CS)CCS. The minimum Gasteiger partial charge on any atom is -0.179 e. The second kappa shape index (κ2) is 8.02. The molecule has 0 spiro atoms. The van der Waals surface area contributed by atoms with Crippen LogP contribution in [0.2, 0.25) is 0 Å². The molecule has 11 heavy (non-hydrogen) atoms. The monoisotopic (exact) mass is 228 g/mol. The summed E-state index contributed by atoms with van der Waals surface area (Å²) in [5, 5.41) is 0.442. The van der Waals surface area contributed by atoms with Crippen molar-refractivity contribution in [3.05, 3.63) is 0 Å². The van der Waals surface area contributed by atoms with E-state index in [0.717, 1.165) is 30.1 Å². The standard InChI is InChI=1S/C7H16S4/c8-3-1-6(5-10)7(11)2-4-9/h6-11H,1-5H2. The first-order valence-electron chi connectivity index (χ1n) is 3.76. The van der Waals surface area contributed by atoms with Gasteiger partial charge in [0.25, 0.3) is 0 Å². The molecule has 4 heteroatoms. The summed E-state index contributed by atoms with van der Waals surface area (Å²) in [6.07, 6.45) is 2.17. The van der Waals surface area contributed by atoms with Gasteiger partial charge in [0, 0.05) is 5.25 Å². The van der Waals surface area contributed by atoms with Gasteiger partial charge in [0.15, 0.2) is 0 Å². The van der Waals surface area contributed by atoms with Crippen LogP contribution in [0.3, 0.4) is 0 Å². The Morgan fingerprint density at radius 2 is 1.45 bits per heavy atom. The van der Waals surface area contributed by atoms with E-state index in [1.165, 1.54) is 0 Å². The fourth-order valence-electron chi connectivity index (χ4n) is 0.939. The van der Waals surface area contributed by atoms with Gasteiger partial charge in [-0.25, -0.2) is 0 Å². The first-order chi connectivity index (χ1) is 5.26. The Morgan fingerprint density at radius 3 is 1.82 bits per heavy atom. The zero-order valence-electron chi connectivity index (χ0n) is 6.48. The highest BCUT2D eigenvalue weighted by Gasteiger charge is 2.14. The molecule has 0 aliphatic carbocycles. The molecule has 0 rings (SSSR count). The summed E-state index contributed by atoms with van der Waals surface area (Å²) in [7, 11) is 0. The Hall–Kier alpha value is 1.40. The van der Waals surface area contributed by atoms with E-state index >= 15 is 0 Å². The molecule has 0 heterocycles. The molecule has 0 saturated carbocycles. The molecule has 0 amide bonds. The van der Waals surface area contributed by atoms with Gasteiger partial charge in [0.2, 0.25) is 0 Å². The van der Waals surface area contributed by atoms with E-state index in [1.807, 2.05) is 0 Å². The van der Waals surface area contributed by atoms with Crippen LogP contribution < -0.4 is 0 Å². The van der Waals surface area contributed by atoms with E-state index in [1.54, 1.807) is 0 Å². The maximum Gasteiger partial charge on any atom is 0.00609 e. The lowest BCUT2D eigenvalue weighted by Gasteiger charge is -2.19. The number of thiol groups is 4. The molecular formula is C7H16S4. The average molecular weight is 228 g/mol. The van der Waals surface area contributed by atoms with Crippen LogP contribution in [0.15, 0.2) is 0 Å². The van der Waals surface area contributed by atoms with Crippen molar-refractivity contribution in [3.8, 4) is 0 Å². The van der Waals surface area contributed by atoms with Crippen molar-refractivity contribution in [2.24, 2.45) is 5.92 Å². The fraction of sp³-hybridized carbons (Fsp3) is 1.00. The van der Waals surface area contributed by atoms with Gasteiger partial charge in [-0.3, -0.25) is 0 Å². The third-order valence-corrected chi connectivity index (χ3v) is 3.37. The summed E-state index contributed by atoms with van der Waals surface area (Å²) < 4.78 is 0. The lowest BCUT2D eigenvalue weighted by molar-refractivity contribution is 0.544. The minimum absolute atomic E-state index is 0.442. The Bertz CT molecular complexity index is 86.5. The highest BCUT2D eigenvalue weighted by atomic mass is 32.1. The molecule has 0 fully saturated rings. The molecule has 0 aliphatic heterocycles. The first-order valence-corrected chi connectivity index (χ1v) is 6.18. The van der Waals surface area contributed by atoms with E-state index in [0.29, 0.717) is 11.2 Å². The van der Waals surface area contributed by atoms with Gasteiger partial charge in [0.05, 0.1) is 0 Å². The van der Waals surface area contributed by atoms with Gasteiger partial charge >= 0.3 is 0 Å². The van der Waals surface area contributed by atoms with E-state index in [4.69, 9.17) is 0 Å². The third kappa shape index (κ3) is 5.61. The molecule has 0 N–H and O–H groups in total. The van der Waals surface area contributed by atoms with Gasteiger partial charge in [0.1, 0.15) is 0 Å². The molecule has 2 unspecified atom stereocenters. The van der Waals surface area contributed by atoms with Crippen LogP contribution >= 0.6 is 50.5 Å². The Morgan fingerprint density at radius 1 is 0.909 bits per heavy atom. The molecule has 0 nitrogen and oxygen atoms in total. The largest absolute Gasteiger partial charge is 0.179 e. The van der Waals surface area contributed by atoms with Crippen LogP contribution in [-0.4, -0.2) is 22.5 Å². The number of hydrogen-bond donors (Lipinski definition) is 4. The normalized spacial score (nSPS) is 16.4. The average Bonchev–Trinajstić information content (AvgIpc) is 2.00. The first kappa shape index (κ1) is 12.4. The summed E-state index contributed by atoms with van der Waals surface area (Å²) in [6, 6.07) is 0. The maximum absolute atomic E-state index is 4.49. The van der Waals surface area contributed by atoms with Crippen molar-refractivity contribution in [1.82, 2.24) is 0 Å². The van der Waals surface area contributed by atoms with E-state index in [9.17, 15) is 0 Å². The van der Waals surface area contributed by atoms with Gasteiger partial charge in [-0.05, 0) is 36.0 Å². The highest BCUT2D eigenvalue weighted by Crippen LogP contribution is 2.20. The van der Waals surface area contributed by atoms with E-state index < -0.39 is 0 Å². The predicted molar refractivity (Wildman–Crippen MR) is 67.1 cm³/mol. The molecule has 0 aromatic heterocycles. The van der Waals surface area contributed by atoms with Gasteiger partial charge in [-0.1, -0.05) is 0 Å². The van der Waals surface area contributed by atoms with Crippen molar-refractivity contribution in [2.45, 2.75) is 18.1 Å². The van der Waals surface area contributed by atoms with E-state index in [-0.39, 0.29) is 0 Å². The zero-order valence-corrected chi connectivity index (χ0v) is 10.1. The summed E-state index contributed by atoms with van der Waals surface area (Å²) >= 11 is 17.1. The van der Waals surface area contributed by atoms with Crippen LogP contribution in [0.25, 0.3) is 0 Å². The molecule has 0 bridgehead atoms. The van der Waals surface area contributed by atoms with Crippen molar-refractivity contribution in [1.29, 1.82) is 0 Å². The Kier molecular flexibility index (Phi) is 9.04.